The maximum Gasteiger partial charge on any atom is 0.272 e. The van der Waals surface area contributed by atoms with Gasteiger partial charge in [0.1, 0.15) is 6.61 Å². The third-order valence-electron chi connectivity index (χ3n) is 8.35. The van der Waals surface area contributed by atoms with Gasteiger partial charge in [0, 0.05) is 8.80 Å². The number of unbranched alkanes of at least 4 members (excludes halogenated alkanes) is 3. The fraction of sp³-hybridized carbons (Fsp3) is 0.786. The van der Waals surface area contributed by atoms with E-state index in [2.05, 4.69) is 6.92 Å². The van der Waals surface area contributed by atoms with E-state index in [4.69, 9.17) is 4.74 Å². The van der Waals surface area contributed by atoms with Crippen molar-refractivity contribution in [3.8, 4) is 5.75 Å². The lowest BCUT2D eigenvalue weighted by atomic mass is 9.73. The number of rotatable bonds is 13. The van der Waals surface area contributed by atoms with Gasteiger partial charge in [-0.25, -0.2) is 13.2 Å². The standard InChI is InChI=1S/C28H45F3OSi/c1-2-3-6-17-33-18-15-25(16-19-33)24-12-9-22(10-13-24)7-4-5-8-23-11-14-27(26(29)20-23)32-21-28(30)31/h11,14,20,22,24-25,28,33H,2-10,12-13,15-19,21H2,1H3. The Morgan fingerprint density at radius 1 is 0.939 bits per heavy atom. The van der Waals surface area contributed by atoms with E-state index in [0.29, 0.717) is 0 Å². The minimum Gasteiger partial charge on any atom is -0.485 e. The lowest BCUT2D eigenvalue weighted by Crippen LogP contribution is -2.28. The van der Waals surface area contributed by atoms with Gasteiger partial charge in [-0.15, -0.1) is 0 Å². The zero-order valence-electron chi connectivity index (χ0n) is 20.7. The first-order valence-corrected chi connectivity index (χ1v) is 16.2. The van der Waals surface area contributed by atoms with Gasteiger partial charge in [-0.2, -0.15) is 0 Å². The predicted molar refractivity (Wildman–Crippen MR) is 135 cm³/mol. The van der Waals surface area contributed by atoms with Gasteiger partial charge in [-0.05, 0) is 61.1 Å². The number of halogens is 3. The van der Waals surface area contributed by atoms with Crippen molar-refractivity contribution in [1.29, 1.82) is 0 Å². The van der Waals surface area contributed by atoms with Crippen LogP contribution in [0.25, 0.3) is 0 Å². The fourth-order valence-electron chi connectivity index (χ4n) is 6.31. The second kappa shape index (κ2) is 14.4. The number of alkyl halides is 2. The summed E-state index contributed by atoms with van der Waals surface area (Å²) in [6, 6.07) is 9.57. The van der Waals surface area contributed by atoms with Crippen molar-refractivity contribution in [3.63, 3.8) is 0 Å². The smallest absolute Gasteiger partial charge is 0.272 e. The third kappa shape index (κ3) is 9.30. The van der Waals surface area contributed by atoms with Crippen LogP contribution in [-0.4, -0.2) is 21.8 Å². The van der Waals surface area contributed by atoms with Gasteiger partial charge >= 0.3 is 0 Å². The molecule has 0 unspecified atom stereocenters. The quantitative estimate of drug-likeness (QED) is 0.202. The molecule has 33 heavy (non-hydrogen) atoms. The molecule has 1 aromatic rings. The topological polar surface area (TPSA) is 9.23 Å². The number of aryl methyl sites for hydroxylation is 1. The molecule has 2 aliphatic rings. The van der Waals surface area contributed by atoms with Gasteiger partial charge in [0.15, 0.2) is 11.6 Å². The highest BCUT2D eigenvalue weighted by Gasteiger charge is 2.30. The molecule has 1 aliphatic carbocycles. The molecule has 0 N–H and O–H groups in total. The van der Waals surface area contributed by atoms with E-state index in [1.807, 2.05) is 0 Å². The Hall–Kier alpha value is -0.973. The molecule has 1 nitrogen and oxygen atoms in total. The van der Waals surface area contributed by atoms with Crippen molar-refractivity contribution in [3.05, 3.63) is 29.6 Å². The van der Waals surface area contributed by atoms with Gasteiger partial charge in [0.2, 0.25) is 0 Å². The first-order chi connectivity index (χ1) is 16.0. The van der Waals surface area contributed by atoms with Crippen LogP contribution in [0.3, 0.4) is 0 Å². The monoisotopic (exact) mass is 482 g/mol. The second-order valence-electron chi connectivity index (χ2n) is 10.8. The van der Waals surface area contributed by atoms with E-state index in [0.717, 1.165) is 36.2 Å². The Kier molecular flexibility index (Phi) is 11.6. The molecule has 0 aromatic heterocycles. The lowest BCUT2D eigenvalue weighted by molar-refractivity contribution is 0.0799. The summed E-state index contributed by atoms with van der Waals surface area (Å²) in [4.78, 5) is 0. The van der Waals surface area contributed by atoms with Crippen LogP contribution in [0.15, 0.2) is 18.2 Å². The Bertz CT molecular complexity index is 667. The van der Waals surface area contributed by atoms with Crippen LogP contribution in [0.4, 0.5) is 13.2 Å². The van der Waals surface area contributed by atoms with Crippen LogP contribution in [0.1, 0.15) is 89.5 Å². The minimum atomic E-state index is -2.59. The molecule has 1 aromatic carbocycles. The molecular weight excluding hydrogens is 437 g/mol. The summed E-state index contributed by atoms with van der Waals surface area (Å²) in [6.45, 7) is 1.55. The first-order valence-electron chi connectivity index (χ1n) is 13.7. The summed E-state index contributed by atoms with van der Waals surface area (Å²) in [7, 11) is -0.383. The molecule has 0 bridgehead atoms. The minimum absolute atomic E-state index is 0.0804. The Labute approximate surface area is 201 Å². The molecule has 1 saturated carbocycles. The Balaban J connectivity index is 1.27. The van der Waals surface area contributed by atoms with Crippen LogP contribution in [0.5, 0.6) is 5.75 Å². The number of benzene rings is 1. The highest BCUT2D eigenvalue weighted by molar-refractivity contribution is 6.58. The summed E-state index contributed by atoms with van der Waals surface area (Å²) in [5.74, 6) is 2.29. The van der Waals surface area contributed by atoms with Crippen molar-refractivity contribution in [2.24, 2.45) is 17.8 Å². The van der Waals surface area contributed by atoms with Crippen molar-refractivity contribution >= 4 is 8.80 Å². The molecule has 1 aliphatic heterocycles. The fourth-order valence-corrected chi connectivity index (χ4v) is 9.84. The summed E-state index contributed by atoms with van der Waals surface area (Å²) in [6.07, 6.45) is 14.9. The van der Waals surface area contributed by atoms with Gasteiger partial charge in [0.05, 0.1) is 0 Å². The van der Waals surface area contributed by atoms with Crippen molar-refractivity contribution in [2.75, 3.05) is 6.61 Å². The van der Waals surface area contributed by atoms with Crippen molar-refractivity contribution in [2.45, 2.75) is 115 Å². The van der Waals surface area contributed by atoms with Crippen molar-refractivity contribution in [1.82, 2.24) is 0 Å². The van der Waals surface area contributed by atoms with E-state index in [1.54, 1.807) is 37.0 Å². The van der Waals surface area contributed by atoms with Crippen LogP contribution in [-0.2, 0) is 6.42 Å². The zero-order chi connectivity index (χ0) is 23.5. The molecule has 188 valence electrons. The molecule has 5 heteroatoms. The average Bonchev–Trinajstić information content (AvgIpc) is 2.82. The van der Waals surface area contributed by atoms with Gasteiger partial charge in [0.25, 0.3) is 6.43 Å². The summed E-state index contributed by atoms with van der Waals surface area (Å²) >= 11 is 0. The maximum atomic E-state index is 14.0. The van der Waals surface area contributed by atoms with Crippen LogP contribution in [0, 0.1) is 23.6 Å². The van der Waals surface area contributed by atoms with E-state index >= 15 is 0 Å². The van der Waals surface area contributed by atoms with Crippen LogP contribution >= 0.6 is 0 Å². The average molecular weight is 483 g/mol. The van der Waals surface area contributed by atoms with E-state index in [1.165, 1.54) is 69.9 Å². The highest BCUT2D eigenvalue weighted by Crippen LogP contribution is 2.42. The van der Waals surface area contributed by atoms with Crippen LogP contribution < -0.4 is 4.74 Å². The molecule has 1 saturated heterocycles. The highest BCUT2D eigenvalue weighted by atomic mass is 28.3. The molecule has 2 fully saturated rings. The third-order valence-corrected chi connectivity index (χ3v) is 11.9. The van der Waals surface area contributed by atoms with Gasteiger partial charge < -0.3 is 4.74 Å². The summed E-state index contributed by atoms with van der Waals surface area (Å²) < 4.78 is 43.3. The molecule has 0 amide bonds. The normalized spacial score (nSPS) is 26.0. The Morgan fingerprint density at radius 3 is 2.33 bits per heavy atom. The zero-order valence-corrected chi connectivity index (χ0v) is 21.8. The molecule has 3 rings (SSSR count). The largest absolute Gasteiger partial charge is 0.485 e. The van der Waals surface area contributed by atoms with Crippen LogP contribution in [0.2, 0.25) is 18.1 Å². The molecule has 1 heterocycles. The van der Waals surface area contributed by atoms with Crippen molar-refractivity contribution < 1.29 is 17.9 Å². The number of ether oxygens (including phenoxy) is 1. The molecule has 0 radical (unpaired) electrons. The molecular formula is C28H45F3OSi. The SMILES string of the molecule is CCCCC[SiH]1CCC(C2CCC(CCCCc3ccc(OCC(F)F)c(F)c3)CC2)CC1. The number of hydrogen-bond acceptors (Lipinski definition) is 1. The predicted octanol–water partition coefficient (Wildman–Crippen LogP) is 8.82. The molecule has 0 spiro atoms. The second-order valence-corrected chi connectivity index (χ2v) is 14.2. The van der Waals surface area contributed by atoms with E-state index in [9.17, 15) is 13.2 Å². The first kappa shape index (κ1) is 26.6. The summed E-state index contributed by atoms with van der Waals surface area (Å²) in [5.41, 5.74) is 0.925. The summed E-state index contributed by atoms with van der Waals surface area (Å²) in [5, 5.41) is 0. The van der Waals surface area contributed by atoms with E-state index < -0.39 is 18.8 Å². The number of hydrogen-bond donors (Lipinski definition) is 0. The van der Waals surface area contributed by atoms with Gasteiger partial charge in [-0.1, -0.05) is 88.9 Å². The van der Waals surface area contributed by atoms with E-state index in [-0.39, 0.29) is 14.5 Å². The maximum absolute atomic E-state index is 14.0. The van der Waals surface area contributed by atoms with Gasteiger partial charge in [-0.3, -0.25) is 0 Å². The Morgan fingerprint density at radius 2 is 1.67 bits per heavy atom. The molecule has 0 atom stereocenters. The lowest BCUT2D eigenvalue weighted by Gasteiger charge is -2.37.